The van der Waals surface area contributed by atoms with Crippen molar-refractivity contribution >= 4 is 11.8 Å². The van der Waals surface area contributed by atoms with Crippen LogP contribution in [0.3, 0.4) is 0 Å². The number of halogens is 2. The summed E-state index contributed by atoms with van der Waals surface area (Å²) in [5.41, 5.74) is 4.99. The average Bonchev–Trinajstić information content (AvgIpc) is 3.33. The molecule has 194 valence electrons. The highest BCUT2D eigenvalue weighted by Crippen LogP contribution is 2.26. The maximum Gasteiger partial charge on any atom is 0.257 e. The van der Waals surface area contributed by atoms with E-state index in [1.165, 1.54) is 17.0 Å². The molecule has 2 fully saturated rings. The van der Waals surface area contributed by atoms with E-state index >= 15 is 0 Å². The van der Waals surface area contributed by atoms with Gasteiger partial charge in [0, 0.05) is 24.7 Å². The fourth-order valence-corrected chi connectivity index (χ4v) is 4.91. The summed E-state index contributed by atoms with van der Waals surface area (Å²) in [7, 11) is 0. The topological polar surface area (TPSA) is 102 Å². The van der Waals surface area contributed by atoms with Gasteiger partial charge >= 0.3 is 0 Å². The number of aromatic nitrogens is 2. The Morgan fingerprint density at radius 1 is 1.11 bits per heavy atom. The highest BCUT2D eigenvalue weighted by atomic mass is 19.1. The average molecular weight is 502 g/mol. The van der Waals surface area contributed by atoms with Gasteiger partial charge in [0.1, 0.15) is 17.5 Å². The van der Waals surface area contributed by atoms with E-state index in [0.717, 1.165) is 25.9 Å². The van der Waals surface area contributed by atoms with Crippen LogP contribution in [-0.4, -0.2) is 76.3 Å². The third-order valence-electron chi connectivity index (χ3n) is 6.75. The Hall–Kier alpha value is -3.14. The van der Waals surface area contributed by atoms with Gasteiger partial charge in [-0.3, -0.25) is 9.59 Å². The first kappa shape index (κ1) is 25.9. The second kappa shape index (κ2) is 10.9. The minimum Gasteiger partial charge on any atom is -0.476 e. The van der Waals surface area contributed by atoms with Crippen LogP contribution in [0, 0.1) is 11.7 Å². The molecule has 1 aromatic carbocycles. The van der Waals surface area contributed by atoms with Crippen molar-refractivity contribution in [2.75, 3.05) is 32.8 Å². The van der Waals surface area contributed by atoms with Crippen molar-refractivity contribution in [3.8, 4) is 17.1 Å². The Kier molecular flexibility index (Phi) is 7.82. The quantitative estimate of drug-likeness (QED) is 0.596. The molecule has 10 heteroatoms. The van der Waals surface area contributed by atoms with Gasteiger partial charge in [-0.2, -0.15) is 0 Å². The number of alkyl halides is 1. The SMILES string of the molecule is CC(C)(F)CN1CCC(COc2ccc(-c3ccc(C(=O)N4CCCC4C(N)=O)c(F)c3)nn2)CC1. The molecular weight excluding hydrogens is 468 g/mol. The second-order valence-corrected chi connectivity index (χ2v) is 10.3. The third-order valence-corrected chi connectivity index (χ3v) is 6.75. The number of benzene rings is 1. The normalized spacial score (nSPS) is 19.4. The lowest BCUT2D eigenvalue weighted by atomic mass is 9.97. The summed E-state index contributed by atoms with van der Waals surface area (Å²) in [6.45, 7) is 6.21. The van der Waals surface area contributed by atoms with Crippen LogP contribution >= 0.6 is 0 Å². The van der Waals surface area contributed by atoms with Gasteiger partial charge in [0.25, 0.3) is 5.91 Å². The molecule has 2 aromatic rings. The summed E-state index contributed by atoms with van der Waals surface area (Å²) in [5, 5.41) is 8.25. The maximum atomic E-state index is 14.8. The van der Waals surface area contributed by atoms with Gasteiger partial charge in [-0.25, -0.2) is 8.78 Å². The zero-order chi connectivity index (χ0) is 25.9. The number of piperidine rings is 1. The van der Waals surface area contributed by atoms with Crippen molar-refractivity contribution in [1.82, 2.24) is 20.0 Å². The largest absolute Gasteiger partial charge is 0.476 e. The standard InChI is InChI=1S/C26H33F2N5O3/c1-26(2,28)16-32-12-9-17(10-13-32)15-36-23-8-7-21(30-31-23)18-5-6-19(20(27)14-18)25(35)33-11-3-4-22(33)24(29)34/h5-8,14,17,22H,3-4,9-13,15-16H2,1-2H3,(H2,29,34). The molecule has 2 aliphatic rings. The van der Waals surface area contributed by atoms with Gasteiger partial charge < -0.3 is 20.3 Å². The Labute approximate surface area is 209 Å². The summed E-state index contributed by atoms with van der Waals surface area (Å²) in [6.07, 6.45) is 3.01. The molecule has 0 bridgehead atoms. The van der Waals surface area contributed by atoms with E-state index in [4.69, 9.17) is 10.5 Å². The number of ether oxygens (including phenoxy) is 1. The first-order valence-electron chi connectivity index (χ1n) is 12.4. The van der Waals surface area contributed by atoms with Crippen LogP contribution in [0.25, 0.3) is 11.3 Å². The first-order valence-corrected chi connectivity index (χ1v) is 12.4. The van der Waals surface area contributed by atoms with Gasteiger partial charge in [-0.15, -0.1) is 10.2 Å². The predicted octanol–water partition coefficient (Wildman–Crippen LogP) is 3.21. The van der Waals surface area contributed by atoms with Crippen molar-refractivity contribution in [1.29, 1.82) is 0 Å². The number of likely N-dealkylation sites (tertiary alicyclic amines) is 2. The number of nitrogens with two attached hydrogens (primary N) is 1. The zero-order valence-corrected chi connectivity index (χ0v) is 20.8. The molecular formula is C26H33F2N5O3. The molecule has 1 atom stereocenters. The lowest BCUT2D eigenvalue weighted by Crippen LogP contribution is -2.43. The highest BCUT2D eigenvalue weighted by Gasteiger charge is 2.34. The summed E-state index contributed by atoms with van der Waals surface area (Å²) >= 11 is 0. The summed E-state index contributed by atoms with van der Waals surface area (Å²) in [6, 6.07) is 6.90. The molecule has 2 saturated heterocycles. The van der Waals surface area contributed by atoms with E-state index in [-0.39, 0.29) is 5.56 Å². The van der Waals surface area contributed by atoms with Crippen molar-refractivity contribution in [3.05, 3.63) is 41.7 Å². The molecule has 4 rings (SSSR count). The molecule has 1 unspecified atom stereocenters. The number of rotatable bonds is 8. The maximum absolute atomic E-state index is 14.8. The Morgan fingerprint density at radius 3 is 2.47 bits per heavy atom. The summed E-state index contributed by atoms with van der Waals surface area (Å²) in [4.78, 5) is 27.8. The van der Waals surface area contributed by atoms with Gasteiger partial charge in [0.15, 0.2) is 0 Å². The molecule has 2 N–H and O–H groups in total. The lowest BCUT2D eigenvalue weighted by Gasteiger charge is -2.34. The molecule has 0 spiro atoms. The smallest absolute Gasteiger partial charge is 0.257 e. The van der Waals surface area contributed by atoms with Crippen molar-refractivity contribution in [3.63, 3.8) is 0 Å². The molecule has 0 aliphatic carbocycles. The van der Waals surface area contributed by atoms with Crippen LogP contribution in [0.4, 0.5) is 8.78 Å². The molecule has 0 saturated carbocycles. The van der Waals surface area contributed by atoms with Crippen LogP contribution in [0.2, 0.25) is 0 Å². The number of nitrogens with zero attached hydrogens (tertiary/aromatic N) is 4. The fourth-order valence-electron chi connectivity index (χ4n) is 4.91. The molecule has 8 nitrogen and oxygen atoms in total. The van der Waals surface area contributed by atoms with E-state index in [9.17, 15) is 18.4 Å². The van der Waals surface area contributed by atoms with Crippen LogP contribution in [-0.2, 0) is 4.79 Å². The summed E-state index contributed by atoms with van der Waals surface area (Å²) < 4.78 is 34.5. The van der Waals surface area contributed by atoms with Gasteiger partial charge in [0.05, 0.1) is 17.9 Å². The van der Waals surface area contributed by atoms with E-state index in [1.54, 1.807) is 32.0 Å². The molecule has 2 amide bonds. The number of hydrogen-bond donors (Lipinski definition) is 1. The predicted molar refractivity (Wildman–Crippen MR) is 131 cm³/mol. The minimum atomic E-state index is -1.19. The Bertz CT molecular complexity index is 1080. The van der Waals surface area contributed by atoms with Crippen molar-refractivity contribution in [2.24, 2.45) is 11.7 Å². The first-order chi connectivity index (χ1) is 17.1. The van der Waals surface area contributed by atoms with Crippen LogP contribution in [0.5, 0.6) is 5.88 Å². The van der Waals surface area contributed by atoms with E-state index in [0.29, 0.717) is 55.6 Å². The third kappa shape index (κ3) is 6.34. The Morgan fingerprint density at radius 2 is 1.86 bits per heavy atom. The number of amides is 2. The zero-order valence-electron chi connectivity index (χ0n) is 20.8. The Balaban J connectivity index is 1.32. The molecule has 1 aromatic heterocycles. The van der Waals surface area contributed by atoms with Crippen molar-refractivity contribution in [2.45, 2.75) is 51.2 Å². The van der Waals surface area contributed by atoms with Crippen LogP contribution in [0.15, 0.2) is 30.3 Å². The van der Waals surface area contributed by atoms with E-state index in [2.05, 4.69) is 15.1 Å². The van der Waals surface area contributed by atoms with Crippen LogP contribution < -0.4 is 10.5 Å². The van der Waals surface area contributed by atoms with Gasteiger partial charge in [-0.05, 0) is 76.7 Å². The van der Waals surface area contributed by atoms with Gasteiger partial charge in [0.2, 0.25) is 11.8 Å². The molecule has 3 heterocycles. The minimum absolute atomic E-state index is 0.110. The van der Waals surface area contributed by atoms with E-state index < -0.39 is 29.3 Å². The highest BCUT2D eigenvalue weighted by molar-refractivity contribution is 5.98. The van der Waals surface area contributed by atoms with Crippen LogP contribution in [0.1, 0.15) is 49.9 Å². The number of carbonyl (C=O) groups excluding carboxylic acids is 2. The fraction of sp³-hybridized carbons (Fsp3) is 0.538. The lowest BCUT2D eigenvalue weighted by molar-refractivity contribution is -0.121. The monoisotopic (exact) mass is 501 g/mol. The number of primary amides is 1. The van der Waals surface area contributed by atoms with Crippen molar-refractivity contribution < 1.29 is 23.1 Å². The number of carbonyl (C=O) groups is 2. The van der Waals surface area contributed by atoms with E-state index in [1.807, 2.05) is 0 Å². The molecule has 2 aliphatic heterocycles. The molecule has 0 radical (unpaired) electrons. The summed E-state index contributed by atoms with van der Waals surface area (Å²) in [5.74, 6) is -1.08. The molecule has 36 heavy (non-hydrogen) atoms. The second-order valence-electron chi connectivity index (χ2n) is 10.3. The number of hydrogen-bond acceptors (Lipinski definition) is 6. The van der Waals surface area contributed by atoms with Gasteiger partial charge in [-0.1, -0.05) is 6.07 Å².